The van der Waals surface area contributed by atoms with Crippen molar-refractivity contribution in [2.75, 3.05) is 19.4 Å². The molecule has 4 heteroatoms. The highest BCUT2D eigenvalue weighted by molar-refractivity contribution is 5.77. The summed E-state index contributed by atoms with van der Waals surface area (Å²) >= 11 is 0. The molecule has 0 heterocycles. The average Bonchev–Trinajstić information content (AvgIpc) is 2.32. The van der Waals surface area contributed by atoms with Crippen LogP contribution in [0.4, 0.5) is 5.69 Å². The minimum absolute atomic E-state index is 0.224. The Bertz CT molecular complexity index is 387. The van der Waals surface area contributed by atoms with E-state index >= 15 is 0 Å². The molecular formula is C14H22N2O2. The van der Waals surface area contributed by atoms with Crippen molar-refractivity contribution < 1.29 is 9.53 Å². The van der Waals surface area contributed by atoms with Gasteiger partial charge in [-0.05, 0) is 45.5 Å². The largest absolute Gasteiger partial charge is 0.465 e. The first-order valence-electron chi connectivity index (χ1n) is 6.21. The fraction of sp³-hybridized carbons (Fsp3) is 0.500. The van der Waals surface area contributed by atoms with E-state index in [-0.39, 0.29) is 18.1 Å². The van der Waals surface area contributed by atoms with Crippen LogP contribution in [0.3, 0.4) is 0 Å². The molecule has 1 atom stereocenters. The third-order valence-corrected chi connectivity index (χ3v) is 2.98. The number of benzene rings is 1. The Morgan fingerprint density at radius 1 is 1.33 bits per heavy atom. The second kappa shape index (κ2) is 6.40. The third-order valence-electron chi connectivity index (χ3n) is 2.98. The monoisotopic (exact) mass is 250 g/mol. The summed E-state index contributed by atoms with van der Waals surface area (Å²) in [6, 6.07) is 7.21. The van der Waals surface area contributed by atoms with Gasteiger partial charge >= 0.3 is 5.97 Å². The zero-order valence-electron chi connectivity index (χ0n) is 11.5. The van der Waals surface area contributed by atoms with Crippen molar-refractivity contribution in [1.82, 2.24) is 4.90 Å². The molecule has 0 saturated heterocycles. The van der Waals surface area contributed by atoms with Crippen LogP contribution >= 0.6 is 0 Å². The quantitative estimate of drug-likeness (QED) is 0.643. The molecule has 0 fully saturated rings. The fourth-order valence-electron chi connectivity index (χ4n) is 1.74. The molecule has 0 aromatic heterocycles. The summed E-state index contributed by atoms with van der Waals surface area (Å²) in [6.07, 6.45) is 0. The molecule has 0 saturated carbocycles. The van der Waals surface area contributed by atoms with Crippen molar-refractivity contribution in [3.05, 3.63) is 29.8 Å². The molecule has 100 valence electrons. The van der Waals surface area contributed by atoms with Crippen LogP contribution in [-0.4, -0.2) is 30.6 Å². The van der Waals surface area contributed by atoms with Crippen LogP contribution in [0.25, 0.3) is 0 Å². The lowest BCUT2D eigenvalue weighted by atomic mass is 10.0. The Morgan fingerprint density at radius 3 is 2.33 bits per heavy atom. The Balaban J connectivity index is 3.03. The smallest absolute Gasteiger partial charge is 0.327 e. The number of likely N-dealkylation sites (N-methyl/N-ethyl adjacent to an activating group) is 1. The molecule has 0 bridgehead atoms. The van der Waals surface area contributed by atoms with E-state index in [4.69, 9.17) is 10.5 Å². The number of carbonyl (C=O) groups is 1. The van der Waals surface area contributed by atoms with Crippen LogP contribution in [0.5, 0.6) is 0 Å². The molecule has 4 nitrogen and oxygen atoms in total. The molecule has 2 N–H and O–H groups in total. The Kier molecular flexibility index (Phi) is 5.16. The molecule has 0 radical (unpaired) electrons. The predicted octanol–water partition coefficient (Wildman–Crippen LogP) is 2.21. The summed E-state index contributed by atoms with van der Waals surface area (Å²) in [5.41, 5.74) is 7.26. The highest BCUT2D eigenvalue weighted by Crippen LogP contribution is 2.23. The summed E-state index contributed by atoms with van der Waals surface area (Å²) in [6.45, 7) is 6.29. The summed E-state index contributed by atoms with van der Waals surface area (Å²) in [5.74, 6) is -0.224. The Labute approximate surface area is 109 Å². The lowest BCUT2D eigenvalue weighted by Gasteiger charge is -2.29. The Morgan fingerprint density at radius 2 is 1.89 bits per heavy atom. The predicted molar refractivity (Wildman–Crippen MR) is 73.1 cm³/mol. The molecule has 1 unspecified atom stereocenters. The first-order valence-corrected chi connectivity index (χ1v) is 6.21. The molecule has 0 aliphatic heterocycles. The van der Waals surface area contributed by atoms with Gasteiger partial charge in [-0.2, -0.15) is 0 Å². The number of nitrogens with two attached hydrogens (primary N) is 1. The van der Waals surface area contributed by atoms with E-state index in [1.807, 2.05) is 44.9 Å². The van der Waals surface area contributed by atoms with Crippen LogP contribution in [0.15, 0.2) is 24.3 Å². The van der Waals surface area contributed by atoms with Gasteiger partial charge in [-0.1, -0.05) is 12.1 Å². The molecule has 1 aromatic rings. The zero-order chi connectivity index (χ0) is 13.7. The maximum atomic E-state index is 12.1. The lowest BCUT2D eigenvalue weighted by Crippen LogP contribution is -2.36. The van der Waals surface area contributed by atoms with Gasteiger partial charge in [-0.3, -0.25) is 4.90 Å². The van der Waals surface area contributed by atoms with Crippen molar-refractivity contribution in [3.8, 4) is 0 Å². The number of rotatable bonds is 5. The minimum atomic E-state index is -0.384. The number of anilines is 1. The van der Waals surface area contributed by atoms with Gasteiger partial charge in [-0.15, -0.1) is 0 Å². The molecule has 0 aliphatic rings. The number of hydrogen-bond donors (Lipinski definition) is 1. The van der Waals surface area contributed by atoms with E-state index in [0.717, 1.165) is 5.56 Å². The standard InChI is InChI=1S/C14H22N2O2/c1-5-18-14(17)13(16(4)10(2)3)11-6-8-12(15)9-7-11/h6-10,13H,5,15H2,1-4H3. The highest BCUT2D eigenvalue weighted by Gasteiger charge is 2.27. The number of nitrogen functional groups attached to an aromatic ring is 1. The van der Waals surface area contributed by atoms with E-state index in [9.17, 15) is 4.79 Å². The van der Waals surface area contributed by atoms with Crippen LogP contribution in [0.1, 0.15) is 32.4 Å². The van der Waals surface area contributed by atoms with Crippen LogP contribution in [0.2, 0.25) is 0 Å². The minimum Gasteiger partial charge on any atom is -0.465 e. The number of nitrogens with zero attached hydrogens (tertiary/aromatic N) is 1. The Hall–Kier alpha value is -1.55. The number of esters is 1. The first kappa shape index (κ1) is 14.5. The van der Waals surface area contributed by atoms with Crippen molar-refractivity contribution in [1.29, 1.82) is 0 Å². The highest BCUT2D eigenvalue weighted by atomic mass is 16.5. The van der Waals surface area contributed by atoms with Gasteiger partial charge in [0.15, 0.2) is 0 Å². The van der Waals surface area contributed by atoms with E-state index in [0.29, 0.717) is 12.3 Å². The SMILES string of the molecule is CCOC(=O)C(c1ccc(N)cc1)N(C)C(C)C. The summed E-state index contributed by atoms with van der Waals surface area (Å²) < 4.78 is 5.15. The van der Waals surface area contributed by atoms with E-state index in [1.165, 1.54) is 0 Å². The zero-order valence-corrected chi connectivity index (χ0v) is 11.5. The van der Waals surface area contributed by atoms with Gasteiger partial charge in [-0.25, -0.2) is 4.79 Å². The molecule has 0 spiro atoms. The maximum Gasteiger partial charge on any atom is 0.327 e. The van der Waals surface area contributed by atoms with Crippen molar-refractivity contribution in [2.24, 2.45) is 0 Å². The molecule has 1 aromatic carbocycles. The fourth-order valence-corrected chi connectivity index (χ4v) is 1.74. The number of hydrogen-bond acceptors (Lipinski definition) is 4. The van der Waals surface area contributed by atoms with Gasteiger partial charge in [0.25, 0.3) is 0 Å². The maximum absolute atomic E-state index is 12.1. The van der Waals surface area contributed by atoms with Gasteiger partial charge in [0.05, 0.1) is 6.61 Å². The summed E-state index contributed by atoms with van der Waals surface area (Å²) in [5, 5.41) is 0. The van der Waals surface area contributed by atoms with Gasteiger partial charge < -0.3 is 10.5 Å². The second-order valence-corrected chi connectivity index (χ2v) is 4.58. The second-order valence-electron chi connectivity index (χ2n) is 4.58. The van der Waals surface area contributed by atoms with E-state index in [1.54, 1.807) is 12.1 Å². The van der Waals surface area contributed by atoms with Gasteiger partial charge in [0.2, 0.25) is 0 Å². The van der Waals surface area contributed by atoms with Crippen LogP contribution in [0, 0.1) is 0 Å². The van der Waals surface area contributed by atoms with Crippen molar-refractivity contribution in [2.45, 2.75) is 32.9 Å². The average molecular weight is 250 g/mol. The lowest BCUT2D eigenvalue weighted by molar-refractivity contribution is -0.150. The van der Waals surface area contributed by atoms with Crippen LogP contribution < -0.4 is 5.73 Å². The normalized spacial score (nSPS) is 12.8. The van der Waals surface area contributed by atoms with E-state index in [2.05, 4.69) is 0 Å². The topological polar surface area (TPSA) is 55.6 Å². The summed E-state index contributed by atoms with van der Waals surface area (Å²) in [4.78, 5) is 14.1. The molecule has 1 rings (SSSR count). The van der Waals surface area contributed by atoms with Crippen LogP contribution in [-0.2, 0) is 9.53 Å². The van der Waals surface area contributed by atoms with Gasteiger partial charge in [0.1, 0.15) is 6.04 Å². The molecule has 0 amide bonds. The van der Waals surface area contributed by atoms with Gasteiger partial charge in [0, 0.05) is 11.7 Å². The number of ether oxygens (including phenoxy) is 1. The molecule has 0 aliphatic carbocycles. The van der Waals surface area contributed by atoms with E-state index < -0.39 is 0 Å². The first-order chi connectivity index (χ1) is 8.47. The van der Waals surface area contributed by atoms with Crippen molar-refractivity contribution >= 4 is 11.7 Å². The van der Waals surface area contributed by atoms with Crippen molar-refractivity contribution in [3.63, 3.8) is 0 Å². The molecule has 18 heavy (non-hydrogen) atoms. The third kappa shape index (κ3) is 3.47. The number of carbonyl (C=O) groups excluding carboxylic acids is 1. The molecular weight excluding hydrogens is 228 g/mol. The summed E-state index contributed by atoms with van der Waals surface area (Å²) in [7, 11) is 1.92.